The van der Waals surface area contributed by atoms with Crippen LogP contribution in [0.5, 0.6) is 0 Å². The maximum Gasteiger partial charge on any atom is 0.237 e. The number of sulfone groups is 1. The van der Waals surface area contributed by atoms with Crippen LogP contribution in [0, 0.1) is 0 Å². The summed E-state index contributed by atoms with van der Waals surface area (Å²) in [6.45, 7) is 5.39. The lowest BCUT2D eigenvalue weighted by molar-refractivity contribution is -0.124. The molecule has 0 bridgehead atoms. The van der Waals surface area contributed by atoms with Gasteiger partial charge in [0, 0.05) is 18.6 Å². The molecule has 6 nitrogen and oxygen atoms in total. The average molecular weight is 317 g/mol. The number of hydrogen-bond donors (Lipinski definition) is 2. The Labute approximate surface area is 127 Å². The Morgan fingerprint density at radius 2 is 2.05 bits per heavy atom. The second kappa shape index (κ2) is 6.22. The maximum absolute atomic E-state index is 11.9. The first-order valence-electron chi connectivity index (χ1n) is 7.76. The van der Waals surface area contributed by atoms with E-state index in [2.05, 4.69) is 10.2 Å². The zero-order chi connectivity index (χ0) is 15.7. The molecule has 1 saturated heterocycles. The monoisotopic (exact) mass is 317 g/mol. The van der Waals surface area contributed by atoms with Crippen molar-refractivity contribution in [3.8, 4) is 0 Å². The Morgan fingerprint density at radius 1 is 1.33 bits per heavy atom. The summed E-state index contributed by atoms with van der Waals surface area (Å²) in [6, 6.07) is 0.442. The predicted molar refractivity (Wildman–Crippen MR) is 82.7 cm³/mol. The second-order valence-electron chi connectivity index (χ2n) is 6.68. The van der Waals surface area contributed by atoms with E-state index < -0.39 is 15.4 Å². The van der Waals surface area contributed by atoms with E-state index in [1.54, 1.807) is 0 Å². The van der Waals surface area contributed by atoms with Crippen LogP contribution in [0.3, 0.4) is 0 Å². The summed E-state index contributed by atoms with van der Waals surface area (Å²) in [5, 5.41) is 3.34. The minimum atomic E-state index is -2.89. The molecule has 122 valence electrons. The van der Waals surface area contributed by atoms with Gasteiger partial charge in [-0.15, -0.1) is 0 Å². The minimum Gasteiger partial charge on any atom is -0.368 e. The van der Waals surface area contributed by atoms with Crippen molar-refractivity contribution in [1.29, 1.82) is 0 Å². The standard InChI is InChI=1S/C14H27N3O3S/c1-11(2)16-14(13(15)18)5-4-12(10-14)17-6-3-8-21(19,20)9-7-17/h11-12,16H,3-10H2,1-2H3,(H2,15,18). The van der Waals surface area contributed by atoms with Gasteiger partial charge < -0.3 is 11.1 Å². The van der Waals surface area contributed by atoms with Crippen molar-refractivity contribution in [2.75, 3.05) is 24.6 Å². The Kier molecular flexibility index (Phi) is 4.95. The summed E-state index contributed by atoms with van der Waals surface area (Å²) < 4.78 is 23.4. The molecular weight excluding hydrogens is 290 g/mol. The van der Waals surface area contributed by atoms with Crippen LogP contribution in [-0.4, -0.2) is 61.4 Å². The van der Waals surface area contributed by atoms with Crippen molar-refractivity contribution >= 4 is 15.7 Å². The van der Waals surface area contributed by atoms with Crippen molar-refractivity contribution in [2.45, 2.75) is 57.2 Å². The number of rotatable bonds is 4. The molecule has 21 heavy (non-hydrogen) atoms. The van der Waals surface area contributed by atoms with Gasteiger partial charge in [-0.3, -0.25) is 9.69 Å². The third-order valence-electron chi connectivity index (χ3n) is 4.63. The molecule has 1 saturated carbocycles. The quantitative estimate of drug-likeness (QED) is 0.754. The highest BCUT2D eigenvalue weighted by Crippen LogP contribution is 2.34. The third kappa shape index (κ3) is 3.96. The summed E-state index contributed by atoms with van der Waals surface area (Å²) in [7, 11) is -2.89. The molecule has 0 spiro atoms. The molecule has 2 aliphatic rings. The van der Waals surface area contributed by atoms with Gasteiger partial charge >= 0.3 is 0 Å². The molecule has 2 rings (SSSR count). The number of nitrogens with two attached hydrogens (primary N) is 1. The van der Waals surface area contributed by atoms with Gasteiger partial charge in [-0.2, -0.15) is 0 Å². The maximum atomic E-state index is 11.9. The molecule has 0 radical (unpaired) electrons. The van der Waals surface area contributed by atoms with Crippen LogP contribution in [0.25, 0.3) is 0 Å². The summed E-state index contributed by atoms with van der Waals surface area (Å²) in [6.07, 6.45) is 2.98. The molecule has 2 atom stereocenters. The Hall–Kier alpha value is -0.660. The topological polar surface area (TPSA) is 92.5 Å². The van der Waals surface area contributed by atoms with Crippen molar-refractivity contribution in [1.82, 2.24) is 10.2 Å². The van der Waals surface area contributed by atoms with Crippen molar-refractivity contribution < 1.29 is 13.2 Å². The van der Waals surface area contributed by atoms with Crippen LogP contribution in [0.2, 0.25) is 0 Å². The van der Waals surface area contributed by atoms with Gasteiger partial charge in [0.15, 0.2) is 9.84 Å². The number of carbonyl (C=O) groups is 1. The summed E-state index contributed by atoms with van der Waals surface area (Å²) in [4.78, 5) is 14.1. The Bertz CT molecular complexity index is 492. The zero-order valence-electron chi connectivity index (χ0n) is 13.0. The Morgan fingerprint density at radius 3 is 2.67 bits per heavy atom. The number of carbonyl (C=O) groups excluding carboxylic acids is 1. The lowest BCUT2D eigenvalue weighted by Crippen LogP contribution is -2.56. The van der Waals surface area contributed by atoms with Gasteiger partial charge in [0.05, 0.1) is 17.0 Å². The number of nitrogens with zero attached hydrogens (tertiary/aromatic N) is 1. The Balaban J connectivity index is 2.05. The normalized spacial score (nSPS) is 34.0. The minimum absolute atomic E-state index is 0.195. The highest BCUT2D eigenvalue weighted by Gasteiger charge is 2.46. The molecule has 2 unspecified atom stereocenters. The van der Waals surface area contributed by atoms with E-state index in [4.69, 9.17) is 5.73 Å². The highest BCUT2D eigenvalue weighted by molar-refractivity contribution is 7.91. The fraction of sp³-hybridized carbons (Fsp3) is 0.929. The van der Waals surface area contributed by atoms with Gasteiger partial charge in [0.2, 0.25) is 5.91 Å². The summed E-state index contributed by atoms with van der Waals surface area (Å²) >= 11 is 0. The molecule has 1 heterocycles. The SMILES string of the molecule is CC(C)NC1(C(N)=O)CCC(N2CCCS(=O)(=O)CC2)C1. The third-order valence-corrected chi connectivity index (χ3v) is 6.35. The van der Waals surface area contributed by atoms with E-state index in [0.717, 1.165) is 19.4 Å². The first-order chi connectivity index (χ1) is 9.74. The fourth-order valence-electron chi connectivity index (χ4n) is 3.63. The lowest BCUT2D eigenvalue weighted by atomic mass is 9.95. The van der Waals surface area contributed by atoms with E-state index in [-0.39, 0.29) is 29.5 Å². The number of primary amides is 1. The van der Waals surface area contributed by atoms with E-state index in [0.29, 0.717) is 19.4 Å². The van der Waals surface area contributed by atoms with E-state index in [1.165, 1.54) is 0 Å². The molecule has 2 fully saturated rings. The van der Waals surface area contributed by atoms with Crippen LogP contribution in [0.4, 0.5) is 0 Å². The number of nitrogens with one attached hydrogen (secondary N) is 1. The molecule has 0 aromatic heterocycles. The first-order valence-corrected chi connectivity index (χ1v) is 9.58. The van der Waals surface area contributed by atoms with Crippen LogP contribution < -0.4 is 11.1 Å². The molecule has 1 aliphatic heterocycles. The van der Waals surface area contributed by atoms with Gasteiger partial charge in [-0.1, -0.05) is 0 Å². The van der Waals surface area contributed by atoms with Crippen LogP contribution in [0.1, 0.15) is 39.5 Å². The number of amides is 1. The highest BCUT2D eigenvalue weighted by atomic mass is 32.2. The molecule has 1 aliphatic carbocycles. The van der Waals surface area contributed by atoms with Gasteiger partial charge in [0.1, 0.15) is 0 Å². The van der Waals surface area contributed by atoms with E-state index in [1.807, 2.05) is 13.8 Å². The molecule has 7 heteroatoms. The lowest BCUT2D eigenvalue weighted by Gasteiger charge is -2.32. The van der Waals surface area contributed by atoms with Gasteiger partial charge in [-0.05, 0) is 46.1 Å². The fourth-order valence-corrected chi connectivity index (χ4v) is 4.92. The van der Waals surface area contributed by atoms with Crippen molar-refractivity contribution in [3.63, 3.8) is 0 Å². The largest absolute Gasteiger partial charge is 0.368 e. The molecule has 0 aromatic rings. The second-order valence-corrected chi connectivity index (χ2v) is 8.99. The molecule has 1 amide bonds. The number of hydrogen-bond acceptors (Lipinski definition) is 5. The summed E-state index contributed by atoms with van der Waals surface area (Å²) in [5.74, 6) is 0.215. The van der Waals surface area contributed by atoms with E-state index in [9.17, 15) is 13.2 Å². The van der Waals surface area contributed by atoms with Crippen molar-refractivity contribution in [2.24, 2.45) is 5.73 Å². The zero-order valence-corrected chi connectivity index (χ0v) is 13.8. The van der Waals surface area contributed by atoms with Crippen LogP contribution in [-0.2, 0) is 14.6 Å². The first kappa shape index (κ1) is 16.7. The molecule has 0 aromatic carbocycles. The molecule has 3 N–H and O–H groups in total. The van der Waals surface area contributed by atoms with Crippen LogP contribution >= 0.6 is 0 Å². The van der Waals surface area contributed by atoms with E-state index >= 15 is 0 Å². The average Bonchev–Trinajstić information content (AvgIpc) is 2.69. The van der Waals surface area contributed by atoms with Crippen molar-refractivity contribution in [3.05, 3.63) is 0 Å². The predicted octanol–water partition coefficient (Wildman–Crippen LogP) is -0.118. The molecular formula is C14H27N3O3S. The smallest absolute Gasteiger partial charge is 0.237 e. The van der Waals surface area contributed by atoms with Crippen LogP contribution in [0.15, 0.2) is 0 Å². The van der Waals surface area contributed by atoms with Gasteiger partial charge in [0.25, 0.3) is 0 Å². The van der Waals surface area contributed by atoms with Gasteiger partial charge in [-0.25, -0.2) is 8.42 Å². The summed E-state index contributed by atoms with van der Waals surface area (Å²) in [5.41, 5.74) is 5.00.